The Morgan fingerprint density at radius 2 is 1.65 bits per heavy atom. The van der Waals surface area contributed by atoms with Gasteiger partial charge in [-0.1, -0.05) is 29.8 Å². The maximum atomic E-state index is 13.1. The summed E-state index contributed by atoms with van der Waals surface area (Å²) in [5.74, 6) is 0. The third kappa shape index (κ3) is 4.22. The van der Waals surface area contributed by atoms with Gasteiger partial charge in [-0.25, -0.2) is 4.79 Å². The first-order valence-corrected chi connectivity index (χ1v) is 8.45. The molecule has 26 heavy (non-hydrogen) atoms. The molecule has 1 aliphatic heterocycles. The molecule has 0 spiro atoms. The molecule has 1 aliphatic rings. The summed E-state index contributed by atoms with van der Waals surface area (Å²) in [6, 6.07) is 12.5. The number of hydrogen-bond donors (Lipinski definition) is 1. The molecule has 2 aromatic carbocycles. The lowest BCUT2D eigenvalue weighted by Gasteiger charge is -2.36. The predicted octanol–water partition coefficient (Wildman–Crippen LogP) is 4.71. The SMILES string of the molecule is O=C(Nc1ccc(Cl)cc1C(F)(F)F)N1CCN(c2ccccc2)CC1. The number of halogens is 4. The van der Waals surface area contributed by atoms with Crippen LogP contribution in [-0.4, -0.2) is 37.1 Å². The number of urea groups is 1. The van der Waals surface area contributed by atoms with Gasteiger partial charge in [-0.15, -0.1) is 0 Å². The van der Waals surface area contributed by atoms with E-state index in [1.807, 2.05) is 30.3 Å². The van der Waals surface area contributed by atoms with Gasteiger partial charge in [0.25, 0.3) is 0 Å². The molecular formula is C18H17ClF3N3O. The molecular weight excluding hydrogens is 367 g/mol. The lowest BCUT2D eigenvalue weighted by atomic mass is 10.1. The van der Waals surface area contributed by atoms with Crippen molar-refractivity contribution in [3.63, 3.8) is 0 Å². The van der Waals surface area contributed by atoms with E-state index < -0.39 is 17.8 Å². The number of anilines is 2. The summed E-state index contributed by atoms with van der Waals surface area (Å²) in [5, 5.41) is 2.32. The Morgan fingerprint density at radius 3 is 2.27 bits per heavy atom. The summed E-state index contributed by atoms with van der Waals surface area (Å²) < 4.78 is 39.4. The molecule has 0 unspecified atom stereocenters. The molecule has 8 heteroatoms. The highest BCUT2D eigenvalue weighted by molar-refractivity contribution is 6.30. The Morgan fingerprint density at radius 1 is 1.00 bits per heavy atom. The highest BCUT2D eigenvalue weighted by atomic mass is 35.5. The van der Waals surface area contributed by atoms with Crippen LogP contribution in [0.25, 0.3) is 0 Å². The van der Waals surface area contributed by atoms with E-state index in [1.54, 1.807) is 0 Å². The summed E-state index contributed by atoms with van der Waals surface area (Å²) in [6.07, 6.45) is -4.60. The summed E-state index contributed by atoms with van der Waals surface area (Å²) >= 11 is 5.65. The molecule has 1 N–H and O–H groups in total. The van der Waals surface area contributed by atoms with Gasteiger partial charge in [-0.3, -0.25) is 0 Å². The average molecular weight is 384 g/mol. The topological polar surface area (TPSA) is 35.6 Å². The Balaban J connectivity index is 1.65. The second-order valence-corrected chi connectivity index (χ2v) is 6.36. The second-order valence-electron chi connectivity index (χ2n) is 5.93. The van der Waals surface area contributed by atoms with Crippen LogP contribution in [-0.2, 0) is 6.18 Å². The summed E-state index contributed by atoms with van der Waals surface area (Å²) in [5.41, 5.74) is -0.191. The molecule has 1 heterocycles. The monoisotopic (exact) mass is 383 g/mol. The van der Waals surface area contributed by atoms with Gasteiger partial charge in [0.15, 0.2) is 0 Å². The van der Waals surface area contributed by atoms with Crippen LogP contribution < -0.4 is 10.2 Å². The van der Waals surface area contributed by atoms with Gasteiger partial charge in [-0.2, -0.15) is 13.2 Å². The van der Waals surface area contributed by atoms with Crippen LogP contribution in [0.1, 0.15) is 5.56 Å². The number of amides is 2. The smallest absolute Gasteiger partial charge is 0.368 e. The molecule has 1 saturated heterocycles. The summed E-state index contributed by atoms with van der Waals surface area (Å²) in [4.78, 5) is 16.0. The fourth-order valence-corrected chi connectivity index (χ4v) is 3.03. The van der Waals surface area contributed by atoms with E-state index in [0.717, 1.165) is 11.8 Å². The number of hydrogen-bond acceptors (Lipinski definition) is 2. The number of nitrogens with one attached hydrogen (secondary N) is 1. The van der Waals surface area contributed by atoms with Crippen LogP contribution >= 0.6 is 11.6 Å². The number of nitrogens with zero attached hydrogens (tertiary/aromatic N) is 2. The molecule has 0 atom stereocenters. The van der Waals surface area contributed by atoms with E-state index in [4.69, 9.17) is 11.6 Å². The van der Waals surface area contributed by atoms with Gasteiger partial charge in [-0.05, 0) is 30.3 Å². The van der Waals surface area contributed by atoms with Gasteiger partial charge < -0.3 is 15.1 Å². The van der Waals surface area contributed by atoms with Gasteiger partial charge >= 0.3 is 12.2 Å². The number of alkyl halides is 3. The van der Waals surface area contributed by atoms with Crippen LogP contribution in [0.4, 0.5) is 29.3 Å². The van der Waals surface area contributed by atoms with Gasteiger partial charge in [0.1, 0.15) is 0 Å². The highest BCUT2D eigenvalue weighted by Gasteiger charge is 2.34. The van der Waals surface area contributed by atoms with Crippen molar-refractivity contribution in [3.05, 3.63) is 59.1 Å². The Bertz CT molecular complexity index is 775. The van der Waals surface area contributed by atoms with Crippen LogP contribution in [0.15, 0.2) is 48.5 Å². The standard InChI is InChI=1S/C18H17ClF3N3O/c19-13-6-7-16(15(12-13)18(20,21)22)23-17(26)25-10-8-24(9-11-25)14-4-2-1-3-5-14/h1-7,12H,8-11H2,(H,23,26). The molecule has 4 nitrogen and oxygen atoms in total. The van der Waals surface area contributed by atoms with E-state index in [-0.39, 0.29) is 10.7 Å². The minimum Gasteiger partial charge on any atom is -0.368 e. The van der Waals surface area contributed by atoms with Crippen molar-refractivity contribution in [1.82, 2.24) is 4.90 Å². The number of rotatable bonds is 2. The number of piperazine rings is 1. The quantitative estimate of drug-likeness (QED) is 0.815. The van der Waals surface area contributed by atoms with E-state index >= 15 is 0 Å². The second kappa shape index (κ2) is 7.45. The van der Waals surface area contributed by atoms with Crippen LogP contribution in [0.5, 0.6) is 0 Å². The van der Waals surface area contributed by atoms with E-state index in [1.165, 1.54) is 17.0 Å². The van der Waals surface area contributed by atoms with Crippen molar-refractivity contribution in [2.45, 2.75) is 6.18 Å². The highest BCUT2D eigenvalue weighted by Crippen LogP contribution is 2.36. The van der Waals surface area contributed by atoms with Crippen molar-refractivity contribution in [3.8, 4) is 0 Å². The first-order chi connectivity index (χ1) is 12.3. The average Bonchev–Trinajstić information content (AvgIpc) is 2.63. The third-order valence-electron chi connectivity index (χ3n) is 4.22. The zero-order valence-corrected chi connectivity index (χ0v) is 14.5. The zero-order valence-electron chi connectivity index (χ0n) is 13.8. The Kier molecular flexibility index (Phi) is 5.27. The number of para-hydroxylation sites is 1. The predicted molar refractivity (Wildman–Crippen MR) is 95.7 cm³/mol. The van der Waals surface area contributed by atoms with E-state index in [9.17, 15) is 18.0 Å². The number of carbonyl (C=O) groups is 1. The lowest BCUT2D eigenvalue weighted by molar-refractivity contribution is -0.136. The largest absolute Gasteiger partial charge is 0.418 e. The van der Waals surface area contributed by atoms with Crippen LogP contribution in [0.3, 0.4) is 0 Å². The summed E-state index contributed by atoms with van der Waals surface area (Å²) in [6.45, 7) is 2.08. The van der Waals surface area contributed by atoms with Crippen LogP contribution in [0.2, 0.25) is 5.02 Å². The Hall–Kier alpha value is -2.41. The van der Waals surface area contributed by atoms with Crippen LogP contribution in [0, 0.1) is 0 Å². The molecule has 138 valence electrons. The van der Waals surface area contributed by atoms with Crippen molar-refractivity contribution >= 4 is 29.0 Å². The molecule has 2 amide bonds. The number of benzene rings is 2. The van der Waals surface area contributed by atoms with Gasteiger partial charge in [0, 0.05) is 36.9 Å². The molecule has 0 aliphatic carbocycles. The van der Waals surface area contributed by atoms with E-state index in [2.05, 4.69) is 10.2 Å². The normalized spacial score (nSPS) is 15.1. The number of carbonyl (C=O) groups excluding carboxylic acids is 1. The molecule has 0 radical (unpaired) electrons. The van der Waals surface area contributed by atoms with E-state index in [0.29, 0.717) is 26.2 Å². The molecule has 1 fully saturated rings. The third-order valence-corrected chi connectivity index (χ3v) is 4.45. The summed E-state index contributed by atoms with van der Waals surface area (Å²) in [7, 11) is 0. The maximum Gasteiger partial charge on any atom is 0.418 e. The Labute approximate surface area is 154 Å². The first-order valence-electron chi connectivity index (χ1n) is 8.07. The minimum absolute atomic E-state index is 0.0354. The molecule has 2 aromatic rings. The van der Waals surface area contributed by atoms with Gasteiger partial charge in [0.05, 0.1) is 11.3 Å². The van der Waals surface area contributed by atoms with Crippen molar-refractivity contribution in [2.24, 2.45) is 0 Å². The first kappa shape index (κ1) is 18.4. The lowest BCUT2D eigenvalue weighted by Crippen LogP contribution is -2.50. The fourth-order valence-electron chi connectivity index (χ4n) is 2.86. The zero-order chi connectivity index (χ0) is 18.7. The van der Waals surface area contributed by atoms with Crippen molar-refractivity contribution in [2.75, 3.05) is 36.4 Å². The fraction of sp³-hybridized carbons (Fsp3) is 0.278. The molecule has 0 saturated carbocycles. The maximum absolute atomic E-state index is 13.1. The minimum atomic E-state index is -4.60. The van der Waals surface area contributed by atoms with Crippen molar-refractivity contribution < 1.29 is 18.0 Å². The molecule has 0 aromatic heterocycles. The van der Waals surface area contributed by atoms with Crippen molar-refractivity contribution in [1.29, 1.82) is 0 Å². The molecule has 0 bridgehead atoms. The van der Waals surface area contributed by atoms with Gasteiger partial charge in [0.2, 0.25) is 0 Å². The molecule has 3 rings (SSSR count).